The number of fused-ring (bicyclic) bond motifs is 1. The van der Waals surface area contributed by atoms with Crippen LogP contribution in [0.4, 0.5) is 10.8 Å². The number of piperidine rings is 1. The Labute approximate surface area is 203 Å². The Bertz CT molecular complexity index is 1340. The lowest BCUT2D eigenvalue weighted by Gasteiger charge is -2.31. The number of methoxy groups -OCH3 is 1. The Kier molecular flexibility index (Phi) is 6.00. The number of aryl methyl sites for hydroxylation is 3. The standard InChI is InChI=1S/C26H29N5O2S/c1-16-7-8-17(2)22(14-16)27-25(32)19-6-5-13-30(15-19)26-28-24-23(34-26)18(3)29-31(24)20-9-11-21(33-4)12-10-20/h7-12,14,19H,5-6,13,15H2,1-4H3,(H,27,32). The van der Waals surface area contributed by atoms with Gasteiger partial charge in [-0.15, -0.1) is 0 Å². The zero-order chi connectivity index (χ0) is 23.8. The quantitative estimate of drug-likeness (QED) is 0.426. The van der Waals surface area contributed by atoms with E-state index in [1.807, 2.05) is 61.9 Å². The Morgan fingerprint density at radius 2 is 1.94 bits per heavy atom. The maximum absolute atomic E-state index is 13.1. The highest BCUT2D eigenvalue weighted by Gasteiger charge is 2.28. The number of carbonyl (C=O) groups excluding carboxylic acids is 1. The van der Waals surface area contributed by atoms with E-state index >= 15 is 0 Å². The van der Waals surface area contributed by atoms with Crippen molar-refractivity contribution in [2.45, 2.75) is 33.6 Å². The number of rotatable bonds is 5. The molecule has 1 atom stereocenters. The topological polar surface area (TPSA) is 72.3 Å². The molecule has 4 aromatic rings. The van der Waals surface area contributed by atoms with E-state index in [0.29, 0.717) is 6.54 Å². The van der Waals surface area contributed by atoms with Crippen LogP contribution in [0.5, 0.6) is 5.75 Å². The lowest BCUT2D eigenvalue weighted by Crippen LogP contribution is -2.40. The molecule has 0 spiro atoms. The molecule has 0 aliphatic carbocycles. The highest BCUT2D eigenvalue weighted by molar-refractivity contribution is 7.22. The van der Waals surface area contributed by atoms with Gasteiger partial charge in [0.15, 0.2) is 10.8 Å². The maximum atomic E-state index is 13.1. The SMILES string of the molecule is COc1ccc(-n2nc(C)c3sc(N4CCCC(C(=O)Nc5cc(C)ccc5C)C4)nc32)cc1. The van der Waals surface area contributed by atoms with Crippen LogP contribution in [0.15, 0.2) is 42.5 Å². The van der Waals surface area contributed by atoms with E-state index in [0.717, 1.165) is 68.8 Å². The second-order valence-electron chi connectivity index (χ2n) is 8.94. The maximum Gasteiger partial charge on any atom is 0.229 e. The molecule has 2 aromatic heterocycles. The first-order valence-electron chi connectivity index (χ1n) is 11.6. The summed E-state index contributed by atoms with van der Waals surface area (Å²) in [5, 5.41) is 8.81. The third kappa shape index (κ3) is 4.25. The van der Waals surface area contributed by atoms with E-state index in [9.17, 15) is 4.79 Å². The molecule has 1 aliphatic rings. The number of benzene rings is 2. The van der Waals surface area contributed by atoms with Crippen LogP contribution in [0.1, 0.15) is 29.7 Å². The van der Waals surface area contributed by atoms with Gasteiger partial charge in [0.1, 0.15) is 5.75 Å². The Morgan fingerprint density at radius 1 is 1.15 bits per heavy atom. The van der Waals surface area contributed by atoms with Gasteiger partial charge in [-0.1, -0.05) is 23.5 Å². The number of thiazole rings is 1. The number of hydrogen-bond acceptors (Lipinski definition) is 6. The summed E-state index contributed by atoms with van der Waals surface area (Å²) in [5.74, 6) is 0.821. The molecular weight excluding hydrogens is 446 g/mol. The van der Waals surface area contributed by atoms with E-state index in [2.05, 4.69) is 16.3 Å². The highest BCUT2D eigenvalue weighted by Crippen LogP contribution is 2.35. The molecule has 1 N–H and O–H groups in total. The predicted octanol–water partition coefficient (Wildman–Crippen LogP) is 5.27. The van der Waals surface area contributed by atoms with E-state index in [1.54, 1.807) is 18.4 Å². The van der Waals surface area contributed by atoms with Crippen molar-refractivity contribution in [2.24, 2.45) is 5.92 Å². The number of hydrogen-bond donors (Lipinski definition) is 1. The molecule has 8 heteroatoms. The molecule has 0 saturated carbocycles. The van der Waals surface area contributed by atoms with Crippen LogP contribution in [0.3, 0.4) is 0 Å². The fourth-order valence-corrected chi connectivity index (χ4v) is 5.45. The average Bonchev–Trinajstić information content (AvgIpc) is 3.42. The van der Waals surface area contributed by atoms with Crippen LogP contribution in [0, 0.1) is 26.7 Å². The first-order chi connectivity index (χ1) is 16.4. The van der Waals surface area contributed by atoms with Gasteiger partial charge in [-0.05, 0) is 75.1 Å². The van der Waals surface area contributed by atoms with Crippen LogP contribution < -0.4 is 15.0 Å². The largest absolute Gasteiger partial charge is 0.497 e. The molecule has 176 valence electrons. The zero-order valence-corrected chi connectivity index (χ0v) is 20.8. The number of nitrogens with zero attached hydrogens (tertiary/aromatic N) is 4. The lowest BCUT2D eigenvalue weighted by molar-refractivity contribution is -0.120. The molecule has 0 bridgehead atoms. The van der Waals surface area contributed by atoms with Crippen LogP contribution in [0.25, 0.3) is 16.0 Å². The first kappa shape index (κ1) is 22.4. The van der Waals surface area contributed by atoms with Crippen molar-refractivity contribution in [3.05, 3.63) is 59.3 Å². The minimum Gasteiger partial charge on any atom is -0.497 e. The first-order valence-corrected chi connectivity index (χ1v) is 12.4. The molecule has 34 heavy (non-hydrogen) atoms. The van der Waals surface area contributed by atoms with Gasteiger partial charge in [0.2, 0.25) is 5.91 Å². The number of amides is 1. The monoisotopic (exact) mass is 475 g/mol. The highest BCUT2D eigenvalue weighted by atomic mass is 32.1. The van der Waals surface area contributed by atoms with Crippen LogP contribution in [0.2, 0.25) is 0 Å². The Hall–Kier alpha value is -3.39. The van der Waals surface area contributed by atoms with Gasteiger partial charge in [-0.2, -0.15) is 10.1 Å². The number of anilines is 2. The van der Waals surface area contributed by atoms with Crippen molar-refractivity contribution in [1.82, 2.24) is 14.8 Å². The molecule has 3 heterocycles. The van der Waals surface area contributed by atoms with E-state index in [1.165, 1.54) is 0 Å². The van der Waals surface area contributed by atoms with Gasteiger partial charge in [0, 0.05) is 18.8 Å². The summed E-state index contributed by atoms with van der Waals surface area (Å²) >= 11 is 1.65. The summed E-state index contributed by atoms with van der Waals surface area (Å²) in [6, 6.07) is 14.0. The van der Waals surface area contributed by atoms with Crippen molar-refractivity contribution in [3.63, 3.8) is 0 Å². The molecule has 5 rings (SSSR count). The summed E-state index contributed by atoms with van der Waals surface area (Å²) in [7, 11) is 1.66. The van der Waals surface area contributed by atoms with Crippen molar-refractivity contribution in [3.8, 4) is 11.4 Å². The smallest absolute Gasteiger partial charge is 0.229 e. The summed E-state index contributed by atoms with van der Waals surface area (Å²) in [6.07, 6.45) is 1.85. The van der Waals surface area contributed by atoms with E-state index in [-0.39, 0.29) is 11.8 Å². The fraction of sp³-hybridized carbons (Fsp3) is 0.346. The molecular formula is C26H29N5O2S. The number of carbonyl (C=O) groups is 1. The van der Waals surface area contributed by atoms with Gasteiger partial charge in [0.05, 0.1) is 29.1 Å². The minimum atomic E-state index is -0.0696. The van der Waals surface area contributed by atoms with Crippen LogP contribution in [-0.4, -0.2) is 40.9 Å². The molecule has 1 saturated heterocycles. The predicted molar refractivity (Wildman–Crippen MR) is 138 cm³/mol. The van der Waals surface area contributed by atoms with Gasteiger partial charge in [-0.3, -0.25) is 4.79 Å². The second-order valence-corrected chi connectivity index (χ2v) is 9.91. The number of ether oxygens (including phenoxy) is 1. The van der Waals surface area contributed by atoms with Gasteiger partial charge in [-0.25, -0.2) is 4.68 Å². The van der Waals surface area contributed by atoms with Crippen molar-refractivity contribution >= 4 is 38.4 Å². The minimum absolute atomic E-state index is 0.0696. The second kappa shape index (κ2) is 9.10. The fourth-order valence-electron chi connectivity index (χ4n) is 4.43. The van der Waals surface area contributed by atoms with Crippen LogP contribution >= 0.6 is 11.3 Å². The summed E-state index contributed by atoms with van der Waals surface area (Å²) < 4.78 is 8.24. The molecule has 1 aliphatic heterocycles. The zero-order valence-electron chi connectivity index (χ0n) is 20.0. The molecule has 1 unspecified atom stereocenters. The third-order valence-electron chi connectivity index (χ3n) is 6.41. The van der Waals surface area contributed by atoms with Crippen LogP contribution in [-0.2, 0) is 4.79 Å². The van der Waals surface area contributed by atoms with E-state index in [4.69, 9.17) is 14.8 Å². The number of nitrogens with one attached hydrogen (secondary N) is 1. The molecule has 7 nitrogen and oxygen atoms in total. The van der Waals surface area contributed by atoms with Gasteiger partial charge in [0.25, 0.3) is 0 Å². The lowest BCUT2D eigenvalue weighted by atomic mass is 9.97. The number of aromatic nitrogens is 3. The molecule has 1 amide bonds. The molecule has 2 aromatic carbocycles. The van der Waals surface area contributed by atoms with Crippen molar-refractivity contribution in [1.29, 1.82) is 0 Å². The van der Waals surface area contributed by atoms with E-state index < -0.39 is 0 Å². The summed E-state index contributed by atoms with van der Waals surface area (Å²) in [6.45, 7) is 7.65. The molecule has 1 fully saturated rings. The average molecular weight is 476 g/mol. The van der Waals surface area contributed by atoms with Crippen molar-refractivity contribution in [2.75, 3.05) is 30.4 Å². The van der Waals surface area contributed by atoms with Gasteiger partial charge < -0.3 is 15.0 Å². The Balaban J connectivity index is 1.37. The molecule has 0 radical (unpaired) electrons. The summed E-state index contributed by atoms with van der Waals surface area (Å²) in [5.41, 5.74) is 5.87. The normalized spacial score (nSPS) is 16.1. The third-order valence-corrected chi connectivity index (χ3v) is 7.62. The van der Waals surface area contributed by atoms with Crippen molar-refractivity contribution < 1.29 is 9.53 Å². The summed E-state index contributed by atoms with van der Waals surface area (Å²) in [4.78, 5) is 20.3. The Morgan fingerprint density at radius 3 is 2.71 bits per heavy atom. The van der Waals surface area contributed by atoms with Gasteiger partial charge >= 0.3 is 0 Å².